The van der Waals surface area contributed by atoms with Crippen LogP contribution in [0.5, 0.6) is 0 Å². The number of non-ortho nitro benzene ring substituents is 1. The maximum absolute atomic E-state index is 10.6. The zero-order chi connectivity index (χ0) is 18.9. The summed E-state index contributed by atoms with van der Waals surface area (Å²) in [5.74, 6) is 2.06. The van der Waals surface area contributed by atoms with E-state index >= 15 is 0 Å². The monoisotopic (exact) mass is 488 g/mol. The normalized spacial score (nSPS) is 10.9. The summed E-state index contributed by atoms with van der Waals surface area (Å²) in [6, 6.07) is 6.32. The molecule has 0 atom stereocenters. The van der Waals surface area contributed by atoms with Crippen molar-refractivity contribution in [1.82, 2.24) is 15.6 Å². The number of guanidine groups is 1. The molecule has 1 aromatic carbocycles. The Morgan fingerprint density at radius 2 is 1.93 bits per heavy atom. The van der Waals surface area contributed by atoms with Crippen molar-refractivity contribution in [3.05, 3.63) is 51.7 Å². The molecular formula is C17H25IN6O3. The number of hydrogen-bond acceptors (Lipinski definition) is 6. The smallest absolute Gasteiger partial charge is 0.269 e. The molecule has 3 N–H and O–H groups in total. The average Bonchev–Trinajstić information content (AvgIpc) is 2.94. The Kier molecular flexibility index (Phi) is 9.54. The van der Waals surface area contributed by atoms with Crippen molar-refractivity contribution in [2.45, 2.75) is 27.3 Å². The lowest BCUT2D eigenvalue weighted by molar-refractivity contribution is -0.384. The lowest BCUT2D eigenvalue weighted by Gasteiger charge is -2.12. The second-order valence-corrected chi connectivity index (χ2v) is 5.60. The van der Waals surface area contributed by atoms with Crippen molar-refractivity contribution in [3.8, 4) is 0 Å². The van der Waals surface area contributed by atoms with Crippen molar-refractivity contribution in [2.24, 2.45) is 4.99 Å². The number of nitrogens with zero attached hydrogens (tertiary/aromatic N) is 3. The minimum absolute atomic E-state index is 0. The summed E-state index contributed by atoms with van der Waals surface area (Å²) in [7, 11) is 0. The number of halogens is 1. The van der Waals surface area contributed by atoms with Crippen LogP contribution in [0.25, 0.3) is 0 Å². The molecule has 0 aliphatic heterocycles. The third kappa shape index (κ3) is 7.41. The molecule has 0 unspecified atom stereocenters. The third-order valence-corrected chi connectivity index (χ3v) is 3.61. The van der Waals surface area contributed by atoms with Gasteiger partial charge in [-0.1, -0.05) is 0 Å². The van der Waals surface area contributed by atoms with Gasteiger partial charge in [0.2, 0.25) is 5.89 Å². The first-order valence-corrected chi connectivity index (χ1v) is 8.43. The van der Waals surface area contributed by atoms with Gasteiger partial charge in [0, 0.05) is 37.5 Å². The number of nitro groups is 1. The number of hydrogen-bond donors (Lipinski definition) is 3. The highest BCUT2D eigenvalue weighted by atomic mass is 127. The summed E-state index contributed by atoms with van der Waals surface area (Å²) in [4.78, 5) is 19.0. The first kappa shape index (κ1) is 22.7. The van der Waals surface area contributed by atoms with Crippen molar-refractivity contribution in [1.29, 1.82) is 0 Å². The topological polar surface area (TPSA) is 118 Å². The molecule has 148 valence electrons. The molecular weight excluding hydrogens is 463 g/mol. The molecule has 1 aromatic heterocycles. The maximum Gasteiger partial charge on any atom is 0.269 e. The Hall–Kier alpha value is -2.37. The van der Waals surface area contributed by atoms with E-state index in [0.29, 0.717) is 31.5 Å². The summed E-state index contributed by atoms with van der Waals surface area (Å²) in [6.45, 7) is 8.14. The quantitative estimate of drug-likeness (QED) is 0.131. The summed E-state index contributed by atoms with van der Waals surface area (Å²) in [5.41, 5.74) is 1.78. The van der Waals surface area contributed by atoms with Crippen LogP contribution in [-0.2, 0) is 6.54 Å². The van der Waals surface area contributed by atoms with Gasteiger partial charge in [-0.15, -0.1) is 24.0 Å². The molecule has 0 radical (unpaired) electrons. The fourth-order valence-electron chi connectivity index (χ4n) is 2.18. The van der Waals surface area contributed by atoms with E-state index in [4.69, 9.17) is 4.42 Å². The van der Waals surface area contributed by atoms with Gasteiger partial charge in [0.25, 0.3) is 5.69 Å². The fraction of sp³-hybridized carbons (Fsp3) is 0.412. The standard InChI is InChI=1S/C17H24N6O3.HI/c1-4-18-17(21-11-16-22-12(2)13(3)26-16)20-10-9-19-14-5-7-15(8-6-14)23(24)25;/h5-8,19H,4,9-11H2,1-3H3,(H2,18,20,21);1H. The SMILES string of the molecule is CCNC(=NCc1nc(C)c(C)o1)NCCNc1ccc([N+](=O)[O-])cc1.I. The van der Waals surface area contributed by atoms with Crippen LogP contribution in [0.4, 0.5) is 11.4 Å². The lowest BCUT2D eigenvalue weighted by Crippen LogP contribution is -2.39. The van der Waals surface area contributed by atoms with Crippen LogP contribution < -0.4 is 16.0 Å². The number of anilines is 1. The highest BCUT2D eigenvalue weighted by Gasteiger charge is 2.06. The molecule has 2 rings (SSSR count). The minimum atomic E-state index is -0.415. The van der Waals surface area contributed by atoms with E-state index in [1.54, 1.807) is 12.1 Å². The molecule has 0 saturated carbocycles. The molecule has 0 aliphatic carbocycles. The van der Waals surface area contributed by atoms with Crippen LogP contribution in [0.2, 0.25) is 0 Å². The minimum Gasteiger partial charge on any atom is -0.444 e. The highest BCUT2D eigenvalue weighted by molar-refractivity contribution is 14.0. The summed E-state index contributed by atoms with van der Waals surface area (Å²) in [5, 5.41) is 20.2. The number of aromatic nitrogens is 1. The Balaban J connectivity index is 0.00000364. The summed E-state index contributed by atoms with van der Waals surface area (Å²) >= 11 is 0. The van der Waals surface area contributed by atoms with E-state index < -0.39 is 4.92 Å². The first-order valence-electron chi connectivity index (χ1n) is 8.43. The summed E-state index contributed by atoms with van der Waals surface area (Å²) in [6.07, 6.45) is 0. The highest BCUT2D eigenvalue weighted by Crippen LogP contribution is 2.14. The number of aliphatic imine (C=N–C) groups is 1. The zero-order valence-electron chi connectivity index (χ0n) is 15.6. The van der Waals surface area contributed by atoms with E-state index in [2.05, 4.69) is 25.9 Å². The Morgan fingerprint density at radius 3 is 2.48 bits per heavy atom. The second kappa shape index (κ2) is 11.4. The van der Waals surface area contributed by atoms with E-state index in [0.717, 1.165) is 23.7 Å². The van der Waals surface area contributed by atoms with Crippen molar-refractivity contribution < 1.29 is 9.34 Å². The number of rotatable bonds is 8. The van der Waals surface area contributed by atoms with E-state index in [9.17, 15) is 10.1 Å². The second-order valence-electron chi connectivity index (χ2n) is 5.60. The Bertz CT molecular complexity index is 741. The Labute approximate surface area is 175 Å². The van der Waals surface area contributed by atoms with Gasteiger partial charge in [0.05, 0.1) is 10.6 Å². The molecule has 10 heteroatoms. The van der Waals surface area contributed by atoms with Gasteiger partial charge in [-0.2, -0.15) is 0 Å². The van der Waals surface area contributed by atoms with Gasteiger partial charge in [0.15, 0.2) is 5.96 Å². The number of benzene rings is 1. The molecule has 27 heavy (non-hydrogen) atoms. The molecule has 0 bridgehead atoms. The third-order valence-electron chi connectivity index (χ3n) is 3.61. The van der Waals surface area contributed by atoms with Crippen molar-refractivity contribution in [3.63, 3.8) is 0 Å². The van der Waals surface area contributed by atoms with Crippen molar-refractivity contribution >= 4 is 41.3 Å². The van der Waals surface area contributed by atoms with Crippen LogP contribution in [0.3, 0.4) is 0 Å². The van der Waals surface area contributed by atoms with E-state index in [1.165, 1.54) is 12.1 Å². The number of aryl methyl sites for hydroxylation is 2. The van der Waals surface area contributed by atoms with Crippen LogP contribution >= 0.6 is 24.0 Å². The molecule has 0 amide bonds. The maximum atomic E-state index is 10.6. The van der Waals surface area contributed by atoms with Crippen LogP contribution in [0, 0.1) is 24.0 Å². The van der Waals surface area contributed by atoms with Gasteiger partial charge < -0.3 is 20.4 Å². The summed E-state index contributed by atoms with van der Waals surface area (Å²) < 4.78 is 5.52. The molecule has 0 fully saturated rings. The molecule has 0 aliphatic rings. The van der Waals surface area contributed by atoms with Crippen LogP contribution in [0.15, 0.2) is 33.7 Å². The average molecular weight is 488 g/mol. The Morgan fingerprint density at radius 1 is 1.22 bits per heavy atom. The van der Waals surface area contributed by atoms with Crippen molar-refractivity contribution in [2.75, 3.05) is 25.0 Å². The fourth-order valence-corrected chi connectivity index (χ4v) is 2.18. The van der Waals surface area contributed by atoms with Gasteiger partial charge >= 0.3 is 0 Å². The van der Waals surface area contributed by atoms with Gasteiger partial charge in [-0.25, -0.2) is 9.98 Å². The predicted octanol–water partition coefficient (Wildman–Crippen LogP) is 2.98. The van der Waals surface area contributed by atoms with Gasteiger partial charge in [-0.3, -0.25) is 10.1 Å². The van der Waals surface area contributed by atoms with E-state index in [-0.39, 0.29) is 29.7 Å². The molecule has 1 heterocycles. The van der Waals surface area contributed by atoms with Crippen LogP contribution in [-0.4, -0.2) is 35.5 Å². The molecule has 2 aromatic rings. The van der Waals surface area contributed by atoms with Crippen LogP contribution in [0.1, 0.15) is 24.3 Å². The molecule has 9 nitrogen and oxygen atoms in total. The molecule has 0 spiro atoms. The largest absolute Gasteiger partial charge is 0.444 e. The first-order chi connectivity index (χ1) is 12.5. The van der Waals surface area contributed by atoms with E-state index in [1.807, 2.05) is 20.8 Å². The zero-order valence-corrected chi connectivity index (χ0v) is 17.9. The lowest BCUT2D eigenvalue weighted by atomic mass is 10.3. The number of oxazole rings is 1. The number of nitrogens with one attached hydrogen (secondary N) is 3. The van der Waals surface area contributed by atoms with Gasteiger partial charge in [-0.05, 0) is 32.9 Å². The van der Waals surface area contributed by atoms with Gasteiger partial charge in [0.1, 0.15) is 12.3 Å². The number of nitro benzene ring substituents is 1. The predicted molar refractivity (Wildman–Crippen MR) is 116 cm³/mol. The molecule has 0 saturated heterocycles.